The second-order valence-corrected chi connectivity index (χ2v) is 5.31. The lowest BCUT2D eigenvalue weighted by atomic mass is 9.83. The summed E-state index contributed by atoms with van der Waals surface area (Å²) in [6.45, 7) is 1.09. The maximum absolute atomic E-state index is 12.9. The summed E-state index contributed by atoms with van der Waals surface area (Å²) in [6.07, 6.45) is 0. The molecule has 2 N–H and O–H groups in total. The van der Waals surface area contributed by atoms with E-state index < -0.39 is 12.2 Å². The number of carbonyl (C=O) groups is 1. The Bertz CT molecular complexity index is 779. The van der Waals surface area contributed by atoms with Crippen molar-refractivity contribution < 1.29 is 18.3 Å². The van der Waals surface area contributed by atoms with Crippen LogP contribution in [0.2, 0.25) is 0 Å². The minimum atomic E-state index is -2.91. The van der Waals surface area contributed by atoms with Crippen LogP contribution < -0.4 is 10.5 Å². The summed E-state index contributed by atoms with van der Waals surface area (Å²) in [5, 5.41) is 0. The Morgan fingerprint density at radius 1 is 1.04 bits per heavy atom. The number of hydrogen-bond donors (Lipinski definition) is 1. The average molecular weight is 361 g/mol. The van der Waals surface area contributed by atoms with Crippen LogP contribution in [0, 0.1) is 0 Å². The summed E-state index contributed by atoms with van der Waals surface area (Å²) < 4.78 is 29.0. The smallest absolute Gasteiger partial charge is 0.387 e. The van der Waals surface area contributed by atoms with Gasteiger partial charge in [0.1, 0.15) is 5.75 Å². The predicted molar refractivity (Wildman–Crippen MR) is 96.0 cm³/mol. The number of guanidine groups is 1. The van der Waals surface area contributed by atoms with E-state index in [0.717, 1.165) is 0 Å². The van der Waals surface area contributed by atoms with Crippen molar-refractivity contribution in [2.45, 2.75) is 26.0 Å². The summed E-state index contributed by atoms with van der Waals surface area (Å²) in [7, 11) is 1.54. The lowest BCUT2D eigenvalue weighted by Crippen LogP contribution is -2.41. The number of likely N-dealkylation sites (N-methyl/N-ethyl adjacent to an activating group) is 1. The third-order valence-corrected chi connectivity index (χ3v) is 3.93. The van der Waals surface area contributed by atoms with Crippen LogP contribution in [0.15, 0.2) is 59.6 Å². The monoisotopic (exact) mass is 361 g/mol. The zero-order valence-corrected chi connectivity index (χ0v) is 14.8. The Morgan fingerprint density at radius 2 is 1.58 bits per heavy atom. The first kappa shape index (κ1) is 19.4. The molecule has 0 spiro atoms. The molecular formula is C19H21F2N3O2. The Morgan fingerprint density at radius 3 is 2.04 bits per heavy atom. The largest absolute Gasteiger partial charge is 0.435 e. The number of halogens is 2. The van der Waals surface area contributed by atoms with Crippen LogP contribution in [0.4, 0.5) is 8.78 Å². The first-order valence-electron chi connectivity index (χ1n) is 8.19. The van der Waals surface area contributed by atoms with Gasteiger partial charge in [0.25, 0.3) is 5.91 Å². The molecule has 0 radical (unpaired) electrons. The van der Waals surface area contributed by atoms with Crippen molar-refractivity contribution in [2.75, 3.05) is 7.05 Å². The average Bonchev–Trinajstić information content (AvgIpc) is 2.89. The first-order valence-corrected chi connectivity index (χ1v) is 8.19. The molecular weight excluding hydrogens is 340 g/mol. The number of hydrogen-bond acceptors (Lipinski definition) is 4. The number of rotatable bonds is 4. The molecule has 2 aromatic rings. The van der Waals surface area contributed by atoms with Crippen LogP contribution in [0.25, 0.3) is 0 Å². The fraction of sp³-hybridized carbons (Fsp3) is 0.263. The Balaban J connectivity index is 0.00000117. The van der Waals surface area contributed by atoms with Gasteiger partial charge in [-0.25, -0.2) is 4.99 Å². The molecule has 26 heavy (non-hydrogen) atoms. The van der Waals surface area contributed by atoms with Gasteiger partial charge in [-0.15, -0.1) is 0 Å². The van der Waals surface area contributed by atoms with Gasteiger partial charge in [-0.3, -0.25) is 9.69 Å². The molecule has 7 heteroatoms. The van der Waals surface area contributed by atoms with E-state index in [-0.39, 0.29) is 17.6 Å². The van der Waals surface area contributed by atoms with Gasteiger partial charge in [0.2, 0.25) is 0 Å². The molecule has 0 saturated heterocycles. The van der Waals surface area contributed by atoms with E-state index in [4.69, 9.17) is 5.73 Å². The molecule has 1 amide bonds. The minimum absolute atomic E-state index is 0.00714. The van der Waals surface area contributed by atoms with Crippen molar-refractivity contribution in [1.82, 2.24) is 4.90 Å². The Hall–Kier alpha value is -2.96. The highest BCUT2D eigenvalue weighted by Gasteiger charge is 2.49. The van der Waals surface area contributed by atoms with Gasteiger partial charge in [-0.05, 0) is 23.3 Å². The van der Waals surface area contributed by atoms with Crippen molar-refractivity contribution in [3.8, 4) is 5.75 Å². The molecule has 0 saturated carbocycles. The van der Waals surface area contributed by atoms with Crippen LogP contribution in [-0.2, 0) is 10.3 Å². The molecule has 138 valence electrons. The van der Waals surface area contributed by atoms with Gasteiger partial charge in [-0.2, -0.15) is 8.78 Å². The van der Waals surface area contributed by atoms with Gasteiger partial charge in [0.15, 0.2) is 11.5 Å². The molecule has 0 bridgehead atoms. The number of aliphatic imine (C=N–C) groups is 1. The van der Waals surface area contributed by atoms with Gasteiger partial charge in [0.05, 0.1) is 0 Å². The highest BCUT2D eigenvalue weighted by atomic mass is 19.3. The zero-order chi connectivity index (χ0) is 19.3. The quantitative estimate of drug-likeness (QED) is 0.908. The second kappa shape index (κ2) is 7.95. The molecule has 2 aromatic carbocycles. The van der Waals surface area contributed by atoms with Gasteiger partial charge < -0.3 is 10.5 Å². The summed E-state index contributed by atoms with van der Waals surface area (Å²) in [6, 6.07) is 14.8. The Labute approximate surface area is 151 Å². The molecule has 1 heterocycles. The molecule has 1 aliphatic rings. The fourth-order valence-electron chi connectivity index (χ4n) is 2.74. The number of carbonyl (C=O) groups excluding carboxylic acids is 1. The van der Waals surface area contributed by atoms with Crippen molar-refractivity contribution >= 4 is 11.9 Å². The highest BCUT2D eigenvalue weighted by molar-refractivity contribution is 6.08. The summed E-state index contributed by atoms with van der Waals surface area (Å²) in [5.41, 5.74) is 5.68. The molecule has 0 aromatic heterocycles. The minimum Gasteiger partial charge on any atom is -0.435 e. The SMILES string of the molecule is CC.CN1C(=O)C(c2ccccc2)(c2ccc(OC(F)F)cc2)N=C1N. The normalized spacial score (nSPS) is 19.1. The Kier molecular flexibility index (Phi) is 5.92. The van der Waals surface area contributed by atoms with Crippen LogP contribution >= 0.6 is 0 Å². The van der Waals surface area contributed by atoms with E-state index >= 15 is 0 Å². The first-order chi connectivity index (χ1) is 12.4. The van der Waals surface area contributed by atoms with E-state index in [1.54, 1.807) is 43.4 Å². The highest BCUT2D eigenvalue weighted by Crippen LogP contribution is 2.39. The van der Waals surface area contributed by atoms with Crippen molar-refractivity contribution in [3.63, 3.8) is 0 Å². The summed E-state index contributed by atoms with van der Waals surface area (Å²) in [5.74, 6) is -0.210. The summed E-state index contributed by atoms with van der Waals surface area (Å²) >= 11 is 0. The second-order valence-electron chi connectivity index (χ2n) is 5.31. The van der Waals surface area contributed by atoms with E-state index in [2.05, 4.69) is 9.73 Å². The maximum Gasteiger partial charge on any atom is 0.387 e. The van der Waals surface area contributed by atoms with Crippen molar-refractivity contribution in [3.05, 3.63) is 65.7 Å². The number of benzene rings is 2. The number of alkyl halides is 2. The molecule has 3 rings (SSSR count). The topological polar surface area (TPSA) is 67.9 Å². The third kappa shape index (κ3) is 3.37. The lowest BCUT2D eigenvalue weighted by molar-refractivity contribution is -0.129. The van der Waals surface area contributed by atoms with Gasteiger partial charge in [0, 0.05) is 7.05 Å². The van der Waals surface area contributed by atoms with E-state index in [0.29, 0.717) is 11.1 Å². The molecule has 0 fully saturated rings. The van der Waals surface area contributed by atoms with E-state index in [1.165, 1.54) is 17.0 Å². The fourth-order valence-corrected chi connectivity index (χ4v) is 2.74. The standard InChI is InChI=1S/C17H15F2N3O2.C2H6/c1-22-14(23)17(21-16(22)20,11-5-3-2-4-6-11)12-7-9-13(10-8-12)24-15(18)19;1-2/h2-10,15H,1H3,(H2,20,21);1-2H3. The number of nitrogens with two attached hydrogens (primary N) is 1. The van der Waals surface area contributed by atoms with Crippen LogP contribution in [0.1, 0.15) is 25.0 Å². The van der Waals surface area contributed by atoms with Crippen LogP contribution in [0.5, 0.6) is 5.75 Å². The lowest BCUT2D eigenvalue weighted by Gasteiger charge is -2.26. The number of ether oxygens (including phenoxy) is 1. The third-order valence-electron chi connectivity index (χ3n) is 3.93. The number of nitrogens with zero attached hydrogens (tertiary/aromatic N) is 2. The molecule has 1 atom stereocenters. The van der Waals surface area contributed by atoms with E-state index in [9.17, 15) is 13.6 Å². The van der Waals surface area contributed by atoms with Crippen molar-refractivity contribution in [2.24, 2.45) is 10.7 Å². The molecule has 1 unspecified atom stereocenters. The van der Waals surface area contributed by atoms with Crippen LogP contribution in [0.3, 0.4) is 0 Å². The van der Waals surface area contributed by atoms with Gasteiger partial charge >= 0.3 is 6.61 Å². The number of amides is 1. The molecule has 1 aliphatic heterocycles. The summed E-state index contributed by atoms with van der Waals surface area (Å²) in [4.78, 5) is 18.6. The van der Waals surface area contributed by atoms with Crippen molar-refractivity contribution in [1.29, 1.82) is 0 Å². The molecule has 0 aliphatic carbocycles. The maximum atomic E-state index is 12.9. The predicted octanol–water partition coefficient (Wildman–Crippen LogP) is 3.34. The van der Waals surface area contributed by atoms with E-state index in [1.807, 2.05) is 19.9 Å². The van der Waals surface area contributed by atoms with Gasteiger partial charge in [-0.1, -0.05) is 56.3 Å². The molecule has 5 nitrogen and oxygen atoms in total. The van der Waals surface area contributed by atoms with Crippen LogP contribution in [-0.4, -0.2) is 30.4 Å². The zero-order valence-electron chi connectivity index (χ0n) is 14.8.